The molecule has 1 aromatic rings. The van der Waals surface area contributed by atoms with Crippen LogP contribution in [0, 0.1) is 13.8 Å². The summed E-state index contributed by atoms with van der Waals surface area (Å²) in [6, 6.07) is 0. The lowest BCUT2D eigenvalue weighted by molar-refractivity contribution is -0.267. The summed E-state index contributed by atoms with van der Waals surface area (Å²) < 4.78 is 60.7. The molecule has 1 heterocycles. The molecule has 0 fully saturated rings. The molecule has 0 radical (unpaired) electrons. The second-order valence-electron chi connectivity index (χ2n) is 3.35. The Labute approximate surface area is 92.2 Å². The molecule has 1 amide bonds. The molecule has 0 aromatic carbocycles. The van der Waals surface area contributed by atoms with Gasteiger partial charge in [0.25, 0.3) is 0 Å². The number of rotatable bonds is 2. The highest BCUT2D eigenvalue weighted by Gasteiger charge is 2.63. The molecule has 1 rings (SSSR count). The van der Waals surface area contributed by atoms with Gasteiger partial charge in [0.1, 0.15) is 0 Å². The van der Waals surface area contributed by atoms with Gasteiger partial charge in [-0.2, -0.15) is 27.1 Å². The van der Waals surface area contributed by atoms with E-state index in [4.69, 9.17) is 0 Å². The molecule has 0 spiro atoms. The van der Waals surface area contributed by atoms with E-state index < -0.39 is 18.0 Å². The fraction of sp³-hybridized carbons (Fsp3) is 0.500. The van der Waals surface area contributed by atoms with Crippen molar-refractivity contribution in [1.29, 1.82) is 0 Å². The molecule has 1 aromatic heterocycles. The molecule has 0 aliphatic carbocycles. The Bertz CT molecular complexity index is 437. The predicted octanol–water partition coefficient (Wildman–Crippen LogP) is 2.16. The molecule has 0 saturated carbocycles. The highest BCUT2D eigenvalue weighted by molar-refractivity contribution is 5.96. The molecule has 96 valence electrons. The van der Waals surface area contributed by atoms with Crippen LogP contribution in [0.25, 0.3) is 0 Å². The van der Waals surface area contributed by atoms with Crippen molar-refractivity contribution in [3.05, 3.63) is 11.3 Å². The largest absolute Gasteiger partial charge is 0.463 e. The van der Waals surface area contributed by atoms with Crippen molar-refractivity contribution < 1.29 is 26.7 Å². The smallest absolute Gasteiger partial charge is 0.303 e. The SMILES string of the molecule is Cc1[nH]nc(NC(=O)C(F)(F)C(F)(F)F)c1C. The summed E-state index contributed by atoms with van der Waals surface area (Å²) in [6.45, 7) is 2.94. The number of aryl methyl sites for hydroxylation is 1. The number of anilines is 1. The van der Waals surface area contributed by atoms with E-state index in [1.165, 1.54) is 19.2 Å². The van der Waals surface area contributed by atoms with E-state index in [0.717, 1.165) is 0 Å². The number of nitrogens with zero attached hydrogens (tertiary/aromatic N) is 1. The van der Waals surface area contributed by atoms with Crippen LogP contribution in [0.3, 0.4) is 0 Å². The molecule has 0 aliphatic rings. The quantitative estimate of drug-likeness (QED) is 0.797. The van der Waals surface area contributed by atoms with Gasteiger partial charge in [0.15, 0.2) is 5.82 Å². The van der Waals surface area contributed by atoms with E-state index in [0.29, 0.717) is 5.69 Å². The lowest BCUT2D eigenvalue weighted by atomic mass is 10.2. The predicted molar refractivity (Wildman–Crippen MR) is 47.7 cm³/mol. The van der Waals surface area contributed by atoms with Crippen LogP contribution >= 0.6 is 0 Å². The minimum atomic E-state index is -5.93. The van der Waals surface area contributed by atoms with Crippen molar-refractivity contribution in [2.75, 3.05) is 5.32 Å². The minimum absolute atomic E-state index is 0.288. The van der Waals surface area contributed by atoms with Crippen molar-refractivity contribution in [1.82, 2.24) is 10.2 Å². The number of carbonyl (C=O) groups excluding carboxylic acids is 1. The molecular weight excluding hydrogens is 249 g/mol. The zero-order valence-corrected chi connectivity index (χ0v) is 8.75. The van der Waals surface area contributed by atoms with Crippen LogP contribution in [-0.2, 0) is 4.79 Å². The fourth-order valence-electron chi connectivity index (χ4n) is 0.922. The van der Waals surface area contributed by atoms with Crippen molar-refractivity contribution in [3.63, 3.8) is 0 Å². The van der Waals surface area contributed by atoms with Crippen molar-refractivity contribution in [2.24, 2.45) is 0 Å². The van der Waals surface area contributed by atoms with Gasteiger partial charge in [0.2, 0.25) is 0 Å². The number of nitrogens with one attached hydrogen (secondary N) is 2. The topological polar surface area (TPSA) is 57.8 Å². The van der Waals surface area contributed by atoms with Gasteiger partial charge in [0, 0.05) is 11.3 Å². The summed E-state index contributed by atoms with van der Waals surface area (Å²) in [5.74, 6) is -8.26. The summed E-state index contributed by atoms with van der Waals surface area (Å²) in [6.07, 6.45) is -5.93. The third kappa shape index (κ3) is 2.37. The van der Waals surface area contributed by atoms with Gasteiger partial charge >= 0.3 is 18.0 Å². The fourth-order valence-corrected chi connectivity index (χ4v) is 0.922. The van der Waals surface area contributed by atoms with Crippen LogP contribution in [0.5, 0.6) is 0 Å². The van der Waals surface area contributed by atoms with Crippen LogP contribution in [0.15, 0.2) is 0 Å². The second kappa shape index (κ2) is 3.97. The normalized spacial score (nSPS) is 12.6. The number of amides is 1. The number of alkyl halides is 5. The van der Waals surface area contributed by atoms with E-state index in [9.17, 15) is 26.7 Å². The van der Waals surface area contributed by atoms with Crippen LogP contribution in [-0.4, -0.2) is 28.2 Å². The first-order valence-corrected chi connectivity index (χ1v) is 4.35. The van der Waals surface area contributed by atoms with Gasteiger partial charge in [-0.25, -0.2) is 0 Å². The first-order valence-electron chi connectivity index (χ1n) is 4.35. The monoisotopic (exact) mass is 257 g/mol. The summed E-state index contributed by atoms with van der Waals surface area (Å²) in [7, 11) is 0. The number of aromatic amines is 1. The Morgan fingerprint density at radius 2 is 1.76 bits per heavy atom. The summed E-state index contributed by atoms with van der Waals surface area (Å²) in [5, 5.41) is 7.16. The Morgan fingerprint density at radius 3 is 2.12 bits per heavy atom. The third-order valence-corrected chi connectivity index (χ3v) is 2.13. The number of carbonyl (C=O) groups is 1. The molecule has 4 nitrogen and oxygen atoms in total. The zero-order chi connectivity index (χ0) is 13.4. The Hall–Kier alpha value is -1.67. The molecular formula is C8H8F5N3O. The molecule has 0 bridgehead atoms. The number of halogens is 5. The molecule has 9 heteroatoms. The molecule has 0 aliphatic heterocycles. The standard InChI is InChI=1S/C8H8F5N3O/c1-3-4(2)15-16-5(3)14-6(17)7(9,10)8(11,12)13/h1-2H3,(H2,14,15,16,17). The van der Waals surface area contributed by atoms with Gasteiger partial charge in [-0.3, -0.25) is 9.89 Å². The van der Waals surface area contributed by atoms with E-state index in [1.807, 2.05) is 0 Å². The van der Waals surface area contributed by atoms with E-state index in [1.54, 1.807) is 0 Å². The number of hydrogen-bond acceptors (Lipinski definition) is 2. The summed E-state index contributed by atoms with van der Waals surface area (Å²) in [5.41, 5.74) is 0.743. The number of H-pyrrole nitrogens is 1. The maximum Gasteiger partial charge on any atom is 0.463 e. The van der Waals surface area contributed by atoms with Crippen molar-refractivity contribution >= 4 is 11.7 Å². The van der Waals surface area contributed by atoms with E-state index in [2.05, 4.69) is 10.2 Å². The molecule has 17 heavy (non-hydrogen) atoms. The lowest BCUT2D eigenvalue weighted by Gasteiger charge is -2.18. The maximum atomic E-state index is 12.6. The van der Waals surface area contributed by atoms with Crippen LogP contribution in [0.4, 0.5) is 27.8 Å². The van der Waals surface area contributed by atoms with Gasteiger partial charge in [0.05, 0.1) is 0 Å². The van der Waals surface area contributed by atoms with Crippen LogP contribution in [0.1, 0.15) is 11.3 Å². The van der Waals surface area contributed by atoms with Crippen molar-refractivity contribution in [2.45, 2.75) is 25.9 Å². The van der Waals surface area contributed by atoms with Gasteiger partial charge in [-0.15, -0.1) is 0 Å². The van der Waals surface area contributed by atoms with E-state index in [-0.39, 0.29) is 11.4 Å². The van der Waals surface area contributed by atoms with Gasteiger partial charge in [-0.1, -0.05) is 0 Å². The van der Waals surface area contributed by atoms with Crippen LogP contribution in [0.2, 0.25) is 0 Å². The molecule has 0 atom stereocenters. The molecule has 2 N–H and O–H groups in total. The Balaban J connectivity index is 2.91. The second-order valence-corrected chi connectivity index (χ2v) is 3.35. The highest BCUT2D eigenvalue weighted by atomic mass is 19.4. The summed E-state index contributed by atoms with van der Waals surface area (Å²) in [4.78, 5) is 10.8. The first kappa shape index (κ1) is 13.4. The van der Waals surface area contributed by atoms with Crippen LogP contribution < -0.4 is 5.32 Å². The average molecular weight is 257 g/mol. The Morgan fingerprint density at radius 1 is 1.24 bits per heavy atom. The van der Waals surface area contributed by atoms with E-state index >= 15 is 0 Å². The molecule has 0 saturated heterocycles. The van der Waals surface area contributed by atoms with Crippen molar-refractivity contribution in [3.8, 4) is 0 Å². The maximum absolute atomic E-state index is 12.6. The van der Waals surface area contributed by atoms with Gasteiger partial charge < -0.3 is 5.32 Å². The highest BCUT2D eigenvalue weighted by Crippen LogP contribution is 2.36. The van der Waals surface area contributed by atoms with Gasteiger partial charge in [-0.05, 0) is 13.8 Å². The number of hydrogen-bond donors (Lipinski definition) is 2. The zero-order valence-electron chi connectivity index (χ0n) is 8.75. The summed E-state index contributed by atoms with van der Waals surface area (Å²) >= 11 is 0. The first-order chi connectivity index (χ1) is 7.57. The minimum Gasteiger partial charge on any atom is -0.303 e. The molecule has 0 unspecified atom stereocenters. The number of aromatic nitrogens is 2. The average Bonchev–Trinajstić information content (AvgIpc) is 2.47. The lowest BCUT2D eigenvalue weighted by Crippen LogP contribution is -2.47. The third-order valence-electron chi connectivity index (χ3n) is 2.13. The Kier molecular flexibility index (Phi) is 3.13.